The maximum atomic E-state index is 5.49. The molecule has 1 fully saturated rings. The van der Waals surface area contributed by atoms with E-state index >= 15 is 0 Å². The lowest BCUT2D eigenvalue weighted by Gasteiger charge is -2.19. The first-order valence-corrected chi connectivity index (χ1v) is 6.59. The molecule has 2 rings (SSSR count). The number of hydrogen-bond acceptors (Lipinski definition) is 5. The smallest absolute Gasteiger partial charge is 0.226 e. The molecule has 1 N–H and O–H groups in total. The largest absolute Gasteiger partial charge is 0.478 e. The van der Waals surface area contributed by atoms with Crippen LogP contribution in [0.25, 0.3) is 0 Å². The average Bonchev–Trinajstić information content (AvgIpc) is 2.91. The molecule has 0 radical (unpaired) electrons. The summed E-state index contributed by atoms with van der Waals surface area (Å²) >= 11 is 0. The van der Waals surface area contributed by atoms with Crippen LogP contribution in [0.15, 0.2) is 12.3 Å². The molecule has 2 atom stereocenters. The summed E-state index contributed by atoms with van der Waals surface area (Å²) in [5, 5.41) is 3.32. The molecule has 1 saturated heterocycles. The van der Waals surface area contributed by atoms with Gasteiger partial charge < -0.3 is 14.8 Å². The average molecular weight is 251 g/mol. The highest BCUT2D eigenvalue weighted by atomic mass is 16.5. The summed E-state index contributed by atoms with van der Waals surface area (Å²) in [6, 6.07) is 2.10. The van der Waals surface area contributed by atoms with Gasteiger partial charge in [-0.05, 0) is 19.8 Å². The lowest BCUT2D eigenvalue weighted by Crippen LogP contribution is -2.27. The summed E-state index contributed by atoms with van der Waals surface area (Å²) in [6.45, 7) is 6.57. The van der Waals surface area contributed by atoms with Crippen LogP contribution in [0.4, 0.5) is 5.95 Å². The molecule has 2 heterocycles. The lowest BCUT2D eigenvalue weighted by atomic mass is 10.0. The summed E-state index contributed by atoms with van der Waals surface area (Å²) in [5.41, 5.74) is 0. The summed E-state index contributed by atoms with van der Waals surface area (Å²) < 4.78 is 10.9. The predicted molar refractivity (Wildman–Crippen MR) is 69.8 cm³/mol. The molecule has 1 aliphatic heterocycles. The highest BCUT2D eigenvalue weighted by Gasteiger charge is 2.22. The molecule has 0 saturated carbocycles. The van der Waals surface area contributed by atoms with Crippen LogP contribution in [0.1, 0.15) is 26.7 Å². The Kier molecular flexibility index (Phi) is 4.75. The van der Waals surface area contributed by atoms with Gasteiger partial charge in [0.15, 0.2) is 0 Å². The van der Waals surface area contributed by atoms with Crippen molar-refractivity contribution in [3.05, 3.63) is 12.3 Å². The first kappa shape index (κ1) is 13.1. The number of nitrogens with one attached hydrogen (secondary N) is 1. The topological polar surface area (TPSA) is 56.3 Å². The second-order valence-electron chi connectivity index (χ2n) is 4.62. The van der Waals surface area contributed by atoms with Crippen molar-refractivity contribution in [2.45, 2.75) is 32.7 Å². The van der Waals surface area contributed by atoms with E-state index in [2.05, 4.69) is 29.1 Å². The molecule has 1 aliphatic rings. The highest BCUT2D eigenvalue weighted by Crippen LogP contribution is 2.19. The van der Waals surface area contributed by atoms with E-state index < -0.39 is 0 Å². The molecule has 0 spiro atoms. The molecule has 1 aromatic heterocycles. The Hall–Kier alpha value is -1.36. The van der Waals surface area contributed by atoms with Crippen molar-refractivity contribution in [3.63, 3.8) is 0 Å². The summed E-state index contributed by atoms with van der Waals surface area (Å²) in [5.74, 6) is 1.79. The van der Waals surface area contributed by atoms with Crippen LogP contribution in [0.2, 0.25) is 0 Å². The molecule has 0 bridgehead atoms. The summed E-state index contributed by atoms with van der Waals surface area (Å²) in [6.07, 6.45) is 3.79. The third-order valence-corrected chi connectivity index (χ3v) is 3.11. The van der Waals surface area contributed by atoms with Gasteiger partial charge in [0.25, 0.3) is 0 Å². The van der Waals surface area contributed by atoms with E-state index in [-0.39, 0.29) is 0 Å². The molecule has 2 unspecified atom stereocenters. The Balaban J connectivity index is 1.91. The standard InChI is InChI=1S/C13H21N3O2/c1-3-7-18-12-4-6-14-13(16-12)15-10(2)11-5-8-17-9-11/h4,6,10-11H,3,5,7-9H2,1-2H3,(H,14,15,16). The van der Waals surface area contributed by atoms with Crippen LogP contribution in [-0.4, -0.2) is 35.8 Å². The third kappa shape index (κ3) is 3.57. The van der Waals surface area contributed by atoms with E-state index in [0.717, 1.165) is 26.1 Å². The van der Waals surface area contributed by atoms with Crippen LogP contribution < -0.4 is 10.1 Å². The Labute approximate surface area is 108 Å². The first-order chi connectivity index (χ1) is 8.79. The molecule has 18 heavy (non-hydrogen) atoms. The number of ether oxygens (including phenoxy) is 2. The Bertz CT molecular complexity index is 367. The van der Waals surface area contributed by atoms with Gasteiger partial charge in [-0.3, -0.25) is 0 Å². The van der Waals surface area contributed by atoms with Crippen molar-refractivity contribution < 1.29 is 9.47 Å². The zero-order valence-corrected chi connectivity index (χ0v) is 11.1. The fourth-order valence-corrected chi connectivity index (χ4v) is 1.97. The fraction of sp³-hybridized carbons (Fsp3) is 0.692. The maximum absolute atomic E-state index is 5.49. The van der Waals surface area contributed by atoms with Crippen molar-refractivity contribution in [1.29, 1.82) is 0 Å². The lowest BCUT2D eigenvalue weighted by molar-refractivity contribution is 0.183. The molecule has 0 amide bonds. The fourth-order valence-electron chi connectivity index (χ4n) is 1.97. The molecule has 0 aliphatic carbocycles. The van der Waals surface area contributed by atoms with E-state index in [1.807, 2.05) is 0 Å². The van der Waals surface area contributed by atoms with Gasteiger partial charge in [0, 0.05) is 30.8 Å². The van der Waals surface area contributed by atoms with Gasteiger partial charge in [0.1, 0.15) is 0 Å². The Morgan fingerprint density at radius 3 is 3.22 bits per heavy atom. The minimum absolute atomic E-state index is 0.314. The molecule has 100 valence electrons. The van der Waals surface area contributed by atoms with Crippen molar-refractivity contribution >= 4 is 5.95 Å². The van der Waals surface area contributed by atoms with E-state index in [4.69, 9.17) is 9.47 Å². The predicted octanol–water partition coefficient (Wildman–Crippen LogP) is 2.10. The third-order valence-electron chi connectivity index (χ3n) is 3.11. The Morgan fingerprint density at radius 2 is 2.50 bits per heavy atom. The normalized spacial score (nSPS) is 20.7. The molecule has 0 aromatic carbocycles. The van der Waals surface area contributed by atoms with Crippen molar-refractivity contribution in [3.8, 4) is 5.88 Å². The molecular formula is C13H21N3O2. The highest BCUT2D eigenvalue weighted by molar-refractivity contribution is 5.28. The molecule has 1 aromatic rings. The zero-order valence-electron chi connectivity index (χ0n) is 11.1. The Morgan fingerprint density at radius 1 is 1.61 bits per heavy atom. The number of aromatic nitrogens is 2. The van der Waals surface area contributed by atoms with Crippen molar-refractivity contribution in [1.82, 2.24) is 9.97 Å². The molecule has 5 nitrogen and oxygen atoms in total. The van der Waals surface area contributed by atoms with Gasteiger partial charge in [-0.15, -0.1) is 0 Å². The molecule has 5 heteroatoms. The van der Waals surface area contributed by atoms with Crippen molar-refractivity contribution in [2.24, 2.45) is 5.92 Å². The van der Waals surface area contributed by atoms with E-state index in [0.29, 0.717) is 30.4 Å². The second-order valence-corrected chi connectivity index (χ2v) is 4.62. The van der Waals surface area contributed by atoms with E-state index in [1.165, 1.54) is 0 Å². The minimum atomic E-state index is 0.314. The van der Waals surface area contributed by atoms with Gasteiger partial charge in [-0.1, -0.05) is 6.92 Å². The van der Waals surface area contributed by atoms with Gasteiger partial charge in [-0.25, -0.2) is 4.98 Å². The van der Waals surface area contributed by atoms with Crippen LogP contribution >= 0.6 is 0 Å². The van der Waals surface area contributed by atoms with Crippen LogP contribution in [-0.2, 0) is 4.74 Å². The number of hydrogen-bond donors (Lipinski definition) is 1. The number of anilines is 1. The molecular weight excluding hydrogens is 230 g/mol. The van der Waals surface area contributed by atoms with Gasteiger partial charge >= 0.3 is 0 Å². The summed E-state index contributed by atoms with van der Waals surface area (Å²) in [4.78, 5) is 8.55. The van der Waals surface area contributed by atoms with Gasteiger partial charge in [0.2, 0.25) is 11.8 Å². The number of rotatable bonds is 6. The van der Waals surface area contributed by atoms with Gasteiger partial charge in [-0.2, -0.15) is 4.98 Å². The second kappa shape index (κ2) is 6.54. The number of nitrogens with zero attached hydrogens (tertiary/aromatic N) is 2. The maximum Gasteiger partial charge on any atom is 0.226 e. The van der Waals surface area contributed by atoms with Crippen LogP contribution in [0.3, 0.4) is 0 Å². The SMILES string of the molecule is CCCOc1ccnc(NC(C)C2CCOC2)n1. The summed E-state index contributed by atoms with van der Waals surface area (Å²) in [7, 11) is 0. The van der Waals surface area contributed by atoms with Gasteiger partial charge in [0.05, 0.1) is 13.2 Å². The minimum Gasteiger partial charge on any atom is -0.478 e. The van der Waals surface area contributed by atoms with E-state index in [1.54, 1.807) is 12.3 Å². The van der Waals surface area contributed by atoms with E-state index in [9.17, 15) is 0 Å². The monoisotopic (exact) mass is 251 g/mol. The van der Waals surface area contributed by atoms with Crippen LogP contribution in [0.5, 0.6) is 5.88 Å². The quantitative estimate of drug-likeness (QED) is 0.839. The van der Waals surface area contributed by atoms with Crippen LogP contribution in [0, 0.1) is 5.92 Å². The first-order valence-electron chi connectivity index (χ1n) is 6.59. The zero-order chi connectivity index (χ0) is 12.8. The van der Waals surface area contributed by atoms with Crippen molar-refractivity contribution in [2.75, 3.05) is 25.1 Å².